The van der Waals surface area contributed by atoms with Gasteiger partial charge in [-0.25, -0.2) is 0 Å². The second-order valence-electron chi connectivity index (χ2n) is 6.02. The van der Waals surface area contributed by atoms with E-state index < -0.39 is 0 Å². The molecule has 1 aliphatic heterocycles. The second-order valence-corrected chi connectivity index (χ2v) is 6.02. The minimum absolute atomic E-state index is 0.822. The van der Waals surface area contributed by atoms with E-state index in [4.69, 9.17) is 5.73 Å². The summed E-state index contributed by atoms with van der Waals surface area (Å²) in [6.07, 6.45) is 4.14. The third-order valence-electron chi connectivity index (χ3n) is 4.33. The smallest absolute Gasteiger partial charge is 0.0313 e. The van der Waals surface area contributed by atoms with Gasteiger partial charge < -0.3 is 5.73 Å². The first kappa shape index (κ1) is 16.6. The average molecular weight is 296 g/mol. The van der Waals surface area contributed by atoms with E-state index in [1.165, 1.54) is 37.9 Å². The van der Waals surface area contributed by atoms with Crippen LogP contribution >= 0.6 is 0 Å². The van der Waals surface area contributed by atoms with E-state index in [0.29, 0.717) is 0 Å². The summed E-state index contributed by atoms with van der Waals surface area (Å²) < 4.78 is 0. The van der Waals surface area contributed by atoms with Crippen molar-refractivity contribution in [3.8, 4) is 0 Å². The van der Waals surface area contributed by atoms with E-state index in [2.05, 4.69) is 42.2 Å². The van der Waals surface area contributed by atoms with Crippen molar-refractivity contribution in [2.45, 2.75) is 32.7 Å². The first-order chi connectivity index (χ1) is 10.8. The largest absolute Gasteiger partial charge is 0.399 e. The van der Waals surface area contributed by atoms with Crippen molar-refractivity contribution in [2.24, 2.45) is 5.92 Å². The fourth-order valence-electron chi connectivity index (χ4n) is 2.85. The molecular weight excluding hydrogens is 268 g/mol. The maximum Gasteiger partial charge on any atom is 0.0313 e. The zero-order chi connectivity index (χ0) is 15.6. The Morgan fingerprint density at radius 1 is 0.909 bits per heavy atom. The Kier molecular flexibility index (Phi) is 6.98. The topological polar surface area (TPSA) is 29.3 Å². The van der Waals surface area contributed by atoms with Gasteiger partial charge in [0.05, 0.1) is 0 Å². The molecule has 2 heteroatoms. The zero-order valence-electron chi connectivity index (χ0n) is 13.6. The van der Waals surface area contributed by atoms with E-state index in [0.717, 1.165) is 18.2 Å². The molecule has 1 heterocycles. The SMILES string of the molecule is CCC1CCN(Cc2ccccc2)CC1.Nc1ccccc1. The molecule has 0 aliphatic carbocycles. The summed E-state index contributed by atoms with van der Waals surface area (Å²) in [6.45, 7) is 6.02. The average Bonchev–Trinajstić information content (AvgIpc) is 2.58. The highest BCUT2D eigenvalue weighted by molar-refractivity contribution is 5.35. The lowest BCUT2D eigenvalue weighted by atomic mass is 9.94. The zero-order valence-corrected chi connectivity index (χ0v) is 13.6. The molecule has 22 heavy (non-hydrogen) atoms. The van der Waals surface area contributed by atoms with Crippen molar-refractivity contribution in [3.63, 3.8) is 0 Å². The van der Waals surface area contributed by atoms with Crippen LogP contribution in [0, 0.1) is 5.92 Å². The molecule has 1 fully saturated rings. The number of hydrogen-bond donors (Lipinski definition) is 1. The molecule has 0 aromatic heterocycles. The number of benzene rings is 2. The highest BCUT2D eigenvalue weighted by Crippen LogP contribution is 2.21. The number of hydrogen-bond acceptors (Lipinski definition) is 2. The maximum absolute atomic E-state index is 5.36. The molecule has 3 rings (SSSR count). The van der Waals surface area contributed by atoms with Crippen molar-refractivity contribution >= 4 is 5.69 Å². The summed E-state index contributed by atoms with van der Waals surface area (Å²) in [5, 5.41) is 0. The van der Waals surface area contributed by atoms with Crippen LogP contribution in [0.25, 0.3) is 0 Å². The van der Waals surface area contributed by atoms with Crippen LogP contribution < -0.4 is 5.73 Å². The van der Waals surface area contributed by atoms with Crippen molar-refractivity contribution in [1.29, 1.82) is 0 Å². The Labute approximate surface area is 135 Å². The van der Waals surface area contributed by atoms with Gasteiger partial charge in [0.1, 0.15) is 0 Å². The van der Waals surface area contributed by atoms with Crippen LogP contribution in [0.15, 0.2) is 60.7 Å². The Morgan fingerprint density at radius 2 is 1.45 bits per heavy atom. The van der Waals surface area contributed by atoms with Crippen LogP contribution in [0.2, 0.25) is 0 Å². The molecule has 0 unspecified atom stereocenters. The molecule has 2 N–H and O–H groups in total. The number of nitrogen functional groups attached to an aromatic ring is 1. The molecule has 2 aromatic rings. The molecule has 118 valence electrons. The van der Waals surface area contributed by atoms with Gasteiger partial charge in [0.15, 0.2) is 0 Å². The van der Waals surface area contributed by atoms with E-state index in [1.807, 2.05) is 30.3 Å². The predicted octanol–water partition coefficient (Wildman–Crippen LogP) is 4.58. The molecule has 1 aliphatic rings. The van der Waals surface area contributed by atoms with Gasteiger partial charge in [-0.2, -0.15) is 0 Å². The lowest BCUT2D eigenvalue weighted by Crippen LogP contribution is -2.32. The first-order valence-electron chi connectivity index (χ1n) is 8.34. The summed E-state index contributed by atoms with van der Waals surface area (Å²) in [7, 11) is 0. The van der Waals surface area contributed by atoms with Gasteiger partial charge in [-0.05, 0) is 49.5 Å². The molecule has 0 atom stereocenters. The fraction of sp³-hybridized carbons (Fsp3) is 0.400. The normalized spacial score (nSPS) is 15.9. The third kappa shape index (κ3) is 5.90. The Bertz CT molecular complexity index is 502. The lowest BCUT2D eigenvalue weighted by molar-refractivity contribution is 0.175. The minimum Gasteiger partial charge on any atom is -0.399 e. The number of nitrogens with two attached hydrogens (primary N) is 1. The molecule has 2 nitrogen and oxygen atoms in total. The highest BCUT2D eigenvalue weighted by atomic mass is 15.1. The van der Waals surface area contributed by atoms with Gasteiger partial charge in [-0.1, -0.05) is 61.9 Å². The van der Waals surface area contributed by atoms with Crippen LogP contribution in [-0.4, -0.2) is 18.0 Å². The maximum atomic E-state index is 5.36. The Balaban J connectivity index is 0.000000211. The van der Waals surface area contributed by atoms with Crippen molar-refractivity contribution in [1.82, 2.24) is 4.90 Å². The van der Waals surface area contributed by atoms with Crippen LogP contribution in [-0.2, 0) is 6.54 Å². The van der Waals surface area contributed by atoms with Gasteiger partial charge in [0, 0.05) is 12.2 Å². The second kappa shape index (κ2) is 9.26. The summed E-state index contributed by atoms with van der Waals surface area (Å²) in [5.41, 5.74) is 7.63. The van der Waals surface area contributed by atoms with Gasteiger partial charge in [0.25, 0.3) is 0 Å². The Hall–Kier alpha value is -1.80. The standard InChI is InChI=1S/C14H21N.C6H7N/c1-2-13-8-10-15(11-9-13)12-14-6-4-3-5-7-14;7-6-4-2-1-3-5-6/h3-7,13H,2,8-12H2,1H3;1-5H,7H2. The van der Waals surface area contributed by atoms with Crippen LogP contribution in [0.5, 0.6) is 0 Å². The van der Waals surface area contributed by atoms with Crippen molar-refractivity contribution in [3.05, 3.63) is 66.2 Å². The van der Waals surface area contributed by atoms with E-state index >= 15 is 0 Å². The van der Waals surface area contributed by atoms with Crippen molar-refractivity contribution < 1.29 is 0 Å². The Morgan fingerprint density at radius 3 is 1.91 bits per heavy atom. The third-order valence-corrected chi connectivity index (χ3v) is 4.33. The van der Waals surface area contributed by atoms with Gasteiger partial charge in [-0.3, -0.25) is 4.90 Å². The molecule has 0 spiro atoms. The molecular formula is C20H28N2. The number of rotatable bonds is 3. The molecule has 0 saturated carbocycles. The number of likely N-dealkylation sites (tertiary alicyclic amines) is 1. The van der Waals surface area contributed by atoms with Crippen LogP contribution in [0.3, 0.4) is 0 Å². The molecule has 0 radical (unpaired) electrons. The van der Waals surface area contributed by atoms with Gasteiger partial charge >= 0.3 is 0 Å². The summed E-state index contributed by atoms with van der Waals surface area (Å²) >= 11 is 0. The first-order valence-corrected chi connectivity index (χ1v) is 8.34. The summed E-state index contributed by atoms with van der Waals surface area (Å²) in [5.74, 6) is 0.983. The predicted molar refractivity (Wildman–Crippen MR) is 95.6 cm³/mol. The number of nitrogens with zero attached hydrogens (tertiary/aromatic N) is 1. The molecule has 2 aromatic carbocycles. The fourth-order valence-corrected chi connectivity index (χ4v) is 2.85. The van der Waals surface area contributed by atoms with Gasteiger partial charge in [0.2, 0.25) is 0 Å². The highest BCUT2D eigenvalue weighted by Gasteiger charge is 2.17. The molecule has 0 bridgehead atoms. The van der Waals surface area contributed by atoms with Crippen LogP contribution in [0.1, 0.15) is 31.7 Å². The summed E-state index contributed by atoms with van der Waals surface area (Å²) in [4.78, 5) is 2.58. The minimum atomic E-state index is 0.822. The van der Waals surface area contributed by atoms with Gasteiger partial charge in [-0.15, -0.1) is 0 Å². The number of anilines is 1. The van der Waals surface area contributed by atoms with Crippen LogP contribution in [0.4, 0.5) is 5.69 Å². The monoisotopic (exact) mass is 296 g/mol. The van der Waals surface area contributed by atoms with E-state index in [-0.39, 0.29) is 0 Å². The molecule has 0 amide bonds. The van der Waals surface area contributed by atoms with Crippen molar-refractivity contribution in [2.75, 3.05) is 18.8 Å². The number of piperidine rings is 1. The van der Waals surface area contributed by atoms with E-state index in [1.54, 1.807) is 0 Å². The molecule has 1 saturated heterocycles. The summed E-state index contributed by atoms with van der Waals surface area (Å²) in [6, 6.07) is 20.3. The quantitative estimate of drug-likeness (QED) is 0.840. The lowest BCUT2D eigenvalue weighted by Gasteiger charge is -2.31. The van der Waals surface area contributed by atoms with E-state index in [9.17, 15) is 0 Å². The number of para-hydroxylation sites is 1.